The minimum Gasteiger partial charge on any atom is -0.394 e. The smallest absolute Gasteiger partial charge is 0.109 e. The molecule has 0 heterocycles. The molecule has 0 aromatic heterocycles. The van der Waals surface area contributed by atoms with Crippen molar-refractivity contribution in [2.24, 2.45) is 0 Å². The minimum atomic E-state index is -1.00. The Labute approximate surface area is 66.4 Å². The van der Waals surface area contributed by atoms with Crippen LogP contribution in [-0.2, 0) is 4.74 Å². The minimum absolute atomic E-state index is 0.283. The second-order valence-corrected chi connectivity index (χ2v) is 2.42. The van der Waals surface area contributed by atoms with Crippen LogP contribution in [-0.4, -0.2) is 47.3 Å². The maximum absolute atomic E-state index is 9.24. The van der Waals surface area contributed by atoms with E-state index in [1.54, 1.807) is 6.92 Å². The summed E-state index contributed by atoms with van der Waals surface area (Å²) in [4.78, 5) is 0. The first kappa shape index (κ1) is 10.8. The van der Waals surface area contributed by atoms with Crippen molar-refractivity contribution in [3.05, 3.63) is 0 Å². The number of aliphatic hydroxyl groups is 3. The first-order valence-electron chi connectivity index (χ1n) is 3.67. The van der Waals surface area contributed by atoms with Crippen LogP contribution in [0.25, 0.3) is 0 Å². The summed E-state index contributed by atoms with van der Waals surface area (Å²) in [6.45, 7) is 1.46. The van der Waals surface area contributed by atoms with E-state index in [2.05, 4.69) is 0 Å². The molecule has 2 unspecified atom stereocenters. The predicted octanol–water partition coefficient (Wildman–Crippen LogP) is -0.875. The van der Waals surface area contributed by atoms with Crippen LogP contribution in [0.3, 0.4) is 0 Å². The molecule has 4 nitrogen and oxygen atoms in total. The fourth-order valence-corrected chi connectivity index (χ4v) is 0.811. The van der Waals surface area contributed by atoms with Crippen molar-refractivity contribution in [1.29, 1.82) is 0 Å². The number of rotatable bonds is 5. The Hall–Kier alpha value is -0.160. The normalized spacial score (nSPS) is 19.4. The largest absolute Gasteiger partial charge is 0.394 e. The molecule has 0 radical (unpaired) electrons. The monoisotopic (exact) mass is 164 g/mol. The van der Waals surface area contributed by atoms with Gasteiger partial charge in [0.25, 0.3) is 0 Å². The van der Waals surface area contributed by atoms with E-state index in [9.17, 15) is 5.11 Å². The summed E-state index contributed by atoms with van der Waals surface area (Å²) in [5.41, 5.74) is 0. The lowest BCUT2D eigenvalue weighted by Gasteiger charge is -2.23. The fourth-order valence-electron chi connectivity index (χ4n) is 0.811. The van der Waals surface area contributed by atoms with Gasteiger partial charge in [0.1, 0.15) is 12.2 Å². The van der Waals surface area contributed by atoms with E-state index < -0.39 is 18.3 Å². The topological polar surface area (TPSA) is 69.9 Å². The zero-order valence-electron chi connectivity index (χ0n) is 6.90. The van der Waals surface area contributed by atoms with E-state index in [1.807, 2.05) is 0 Å². The molecular formula is C7H16O4. The summed E-state index contributed by atoms with van der Waals surface area (Å²) in [5.74, 6) is 0. The fraction of sp³-hybridized carbons (Fsp3) is 1.00. The van der Waals surface area contributed by atoms with E-state index in [-0.39, 0.29) is 6.61 Å². The number of ether oxygens (including phenoxy) is 1. The molecule has 0 aliphatic heterocycles. The highest BCUT2D eigenvalue weighted by molar-refractivity contribution is 4.74. The molecule has 11 heavy (non-hydrogen) atoms. The van der Waals surface area contributed by atoms with Gasteiger partial charge < -0.3 is 20.1 Å². The standard InChI is InChI=1S/C7H16O4/c1-3-5(9)7(10)6(4-8)11-2/h5-10H,3-4H2,1-2H3/t5?,6?,7-/m1/s1. The molecule has 0 saturated carbocycles. The number of hydrogen-bond donors (Lipinski definition) is 3. The SMILES string of the molecule is CCC(O)[C@@H](O)C(CO)OC. The van der Waals surface area contributed by atoms with Gasteiger partial charge in [0.2, 0.25) is 0 Å². The molecule has 0 aliphatic carbocycles. The van der Waals surface area contributed by atoms with Gasteiger partial charge >= 0.3 is 0 Å². The molecule has 0 aliphatic rings. The second-order valence-electron chi connectivity index (χ2n) is 2.42. The van der Waals surface area contributed by atoms with Gasteiger partial charge in [0.15, 0.2) is 0 Å². The summed E-state index contributed by atoms with van der Waals surface area (Å²) in [5, 5.41) is 27.0. The lowest BCUT2D eigenvalue weighted by molar-refractivity contribution is -0.0929. The average Bonchev–Trinajstić information content (AvgIpc) is 2.05. The molecule has 68 valence electrons. The van der Waals surface area contributed by atoms with Gasteiger partial charge in [-0.2, -0.15) is 0 Å². The maximum Gasteiger partial charge on any atom is 0.109 e. The van der Waals surface area contributed by atoms with Crippen LogP contribution < -0.4 is 0 Å². The Balaban J connectivity index is 3.86. The third-order valence-corrected chi connectivity index (χ3v) is 1.68. The van der Waals surface area contributed by atoms with Gasteiger partial charge in [0.05, 0.1) is 12.7 Å². The molecule has 0 aromatic carbocycles. The van der Waals surface area contributed by atoms with Gasteiger partial charge in [-0.05, 0) is 6.42 Å². The number of aliphatic hydroxyl groups excluding tert-OH is 3. The van der Waals surface area contributed by atoms with Crippen molar-refractivity contribution in [1.82, 2.24) is 0 Å². The third-order valence-electron chi connectivity index (χ3n) is 1.68. The zero-order valence-corrected chi connectivity index (χ0v) is 6.90. The van der Waals surface area contributed by atoms with Crippen LogP contribution in [0.15, 0.2) is 0 Å². The van der Waals surface area contributed by atoms with Crippen LogP contribution >= 0.6 is 0 Å². The van der Waals surface area contributed by atoms with Crippen LogP contribution in [0.4, 0.5) is 0 Å². The van der Waals surface area contributed by atoms with Gasteiger partial charge in [-0.1, -0.05) is 6.92 Å². The average molecular weight is 164 g/mol. The first-order valence-corrected chi connectivity index (χ1v) is 3.67. The highest BCUT2D eigenvalue weighted by Crippen LogP contribution is 2.05. The predicted molar refractivity (Wildman–Crippen MR) is 40.2 cm³/mol. The van der Waals surface area contributed by atoms with Gasteiger partial charge in [-0.3, -0.25) is 0 Å². The first-order chi connectivity index (χ1) is 5.17. The van der Waals surface area contributed by atoms with Crippen LogP contribution in [0.1, 0.15) is 13.3 Å². The number of hydrogen-bond acceptors (Lipinski definition) is 4. The summed E-state index contributed by atoms with van der Waals surface area (Å²) in [7, 11) is 1.38. The van der Waals surface area contributed by atoms with Crippen molar-refractivity contribution in [2.45, 2.75) is 31.7 Å². The summed E-state index contributed by atoms with van der Waals surface area (Å²) < 4.78 is 4.72. The highest BCUT2D eigenvalue weighted by Gasteiger charge is 2.23. The maximum atomic E-state index is 9.24. The molecule has 0 amide bonds. The van der Waals surface area contributed by atoms with Gasteiger partial charge in [-0.25, -0.2) is 0 Å². The lowest BCUT2D eigenvalue weighted by atomic mass is 10.1. The van der Waals surface area contributed by atoms with E-state index in [0.29, 0.717) is 6.42 Å². The van der Waals surface area contributed by atoms with Crippen LogP contribution in [0, 0.1) is 0 Å². The van der Waals surface area contributed by atoms with Crippen LogP contribution in [0.2, 0.25) is 0 Å². The Morgan fingerprint density at radius 1 is 1.36 bits per heavy atom. The molecular weight excluding hydrogens is 148 g/mol. The van der Waals surface area contributed by atoms with E-state index in [4.69, 9.17) is 14.9 Å². The molecule has 0 saturated heterocycles. The highest BCUT2D eigenvalue weighted by atomic mass is 16.5. The van der Waals surface area contributed by atoms with Crippen molar-refractivity contribution in [2.75, 3.05) is 13.7 Å². The van der Waals surface area contributed by atoms with Gasteiger partial charge in [0, 0.05) is 7.11 Å². The van der Waals surface area contributed by atoms with Crippen molar-refractivity contribution in [3.8, 4) is 0 Å². The van der Waals surface area contributed by atoms with Gasteiger partial charge in [-0.15, -0.1) is 0 Å². The molecule has 3 atom stereocenters. The van der Waals surface area contributed by atoms with E-state index in [1.165, 1.54) is 7.11 Å². The van der Waals surface area contributed by atoms with E-state index in [0.717, 1.165) is 0 Å². The Kier molecular flexibility index (Phi) is 5.41. The Morgan fingerprint density at radius 3 is 2.18 bits per heavy atom. The van der Waals surface area contributed by atoms with E-state index >= 15 is 0 Å². The molecule has 0 bridgehead atoms. The summed E-state index contributed by atoms with van der Waals surface area (Å²) in [6, 6.07) is 0. The van der Waals surface area contributed by atoms with Crippen molar-refractivity contribution < 1.29 is 20.1 Å². The number of methoxy groups -OCH3 is 1. The molecule has 0 fully saturated rings. The summed E-state index contributed by atoms with van der Waals surface area (Å²) in [6.07, 6.45) is -2.08. The molecule has 0 rings (SSSR count). The van der Waals surface area contributed by atoms with Crippen molar-refractivity contribution >= 4 is 0 Å². The Bertz CT molecular complexity index is 92.4. The second kappa shape index (κ2) is 5.49. The lowest BCUT2D eigenvalue weighted by Crippen LogP contribution is -2.40. The molecule has 3 N–H and O–H groups in total. The third kappa shape index (κ3) is 3.16. The van der Waals surface area contributed by atoms with Crippen LogP contribution in [0.5, 0.6) is 0 Å². The summed E-state index contributed by atoms with van der Waals surface area (Å²) >= 11 is 0. The molecule has 0 aromatic rings. The quantitative estimate of drug-likeness (QED) is 0.494. The Morgan fingerprint density at radius 2 is 1.91 bits per heavy atom. The zero-order chi connectivity index (χ0) is 8.85. The molecule has 0 spiro atoms. The molecule has 4 heteroatoms. The van der Waals surface area contributed by atoms with Crippen molar-refractivity contribution in [3.63, 3.8) is 0 Å².